The van der Waals surface area contributed by atoms with E-state index in [0.29, 0.717) is 28.1 Å². The van der Waals surface area contributed by atoms with Crippen molar-refractivity contribution in [3.8, 4) is 5.69 Å². The van der Waals surface area contributed by atoms with E-state index >= 15 is 4.39 Å². The molecule has 0 amide bonds. The number of hydrogen-bond acceptors (Lipinski definition) is 2. The lowest BCUT2D eigenvalue weighted by atomic mass is 9.98. The number of allylic oxidation sites excluding steroid dienone is 12. The van der Waals surface area contributed by atoms with Crippen molar-refractivity contribution in [3.63, 3.8) is 0 Å². The van der Waals surface area contributed by atoms with E-state index in [1.54, 1.807) is 24.3 Å². The molecular weight excluding hydrogens is 553 g/mol. The van der Waals surface area contributed by atoms with E-state index in [4.69, 9.17) is 5.41 Å². The number of aryl methyl sites for hydroxylation is 1. The fourth-order valence-electron chi connectivity index (χ4n) is 4.24. The Kier molecular flexibility index (Phi) is 20.6. The van der Waals surface area contributed by atoms with Gasteiger partial charge in [0.2, 0.25) is 0 Å². The molecule has 1 aliphatic carbocycles. The van der Waals surface area contributed by atoms with Crippen LogP contribution in [0.1, 0.15) is 86.1 Å². The monoisotopic (exact) mass is 607 g/mol. The number of benzene rings is 2. The lowest BCUT2D eigenvalue weighted by Gasteiger charge is -2.13. The van der Waals surface area contributed by atoms with Gasteiger partial charge in [0.25, 0.3) is 0 Å². The highest BCUT2D eigenvalue weighted by molar-refractivity contribution is 6.14. The van der Waals surface area contributed by atoms with E-state index in [1.165, 1.54) is 5.57 Å². The predicted molar refractivity (Wildman–Crippen MR) is 203 cm³/mol. The first-order valence-electron chi connectivity index (χ1n) is 15.9. The van der Waals surface area contributed by atoms with Crippen LogP contribution >= 0.6 is 0 Å². The van der Waals surface area contributed by atoms with Gasteiger partial charge in [-0.1, -0.05) is 126 Å². The Balaban J connectivity index is 0.00000110. The van der Waals surface area contributed by atoms with E-state index in [1.807, 2.05) is 146 Å². The van der Waals surface area contributed by atoms with Gasteiger partial charge in [-0.2, -0.15) is 0 Å². The number of para-hydroxylation sites is 1. The molecule has 2 aromatic carbocycles. The van der Waals surface area contributed by atoms with E-state index in [-0.39, 0.29) is 5.82 Å². The number of aliphatic imine (C=N–C) groups is 1. The fourth-order valence-corrected chi connectivity index (χ4v) is 4.24. The van der Waals surface area contributed by atoms with Crippen molar-refractivity contribution in [1.82, 2.24) is 4.57 Å². The zero-order valence-corrected chi connectivity index (χ0v) is 29.4. The van der Waals surface area contributed by atoms with Crippen molar-refractivity contribution < 1.29 is 4.39 Å². The topological polar surface area (TPSA) is 41.1 Å². The number of halogens is 1. The van der Waals surface area contributed by atoms with Crippen LogP contribution in [0.3, 0.4) is 0 Å². The Morgan fingerprint density at radius 2 is 1.51 bits per heavy atom. The second-order valence-corrected chi connectivity index (χ2v) is 9.26. The van der Waals surface area contributed by atoms with Crippen LogP contribution in [-0.2, 0) is 0 Å². The zero-order valence-electron chi connectivity index (χ0n) is 29.4. The summed E-state index contributed by atoms with van der Waals surface area (Å²) in [5.74, 6) is -0.282. The highest BCUT2D eigenvalue weighted by Gasteiger charge is 2.19. The summed E-state index contributed by atoms with van der Waals surface area (Å²) in [7, 11) is 0. The van der Waals surface area contributed by atoms with Crippen molar-refractivity contribution in [2.45, 2.75) is 76.2 Å². The largest absolute Gasteiger partial charge is 0.307 e. The summed E-state index contributed by atoms with van der Waals surface area (Å²) in [6.07, 6.45) is 21.0. The fraction of sp³-hybridized carbons (Fsp3) is 0.268. The van der Waals surface area contributed by atoms with E-state index < -0.39 is 0 Å². The van der Waals surface area contributed by atoms with Crippen LogP contribution in [0.5, 0.6) is 0 Å². The first-order chi connectivity index (χ1) is 21.8. The molecule has 3 nitrogen and oxygen atoms in total. The van der Waals surface area contributed by atoms with Crippen molar-refractivity contribution in [1.29, 1.82) is 5.41 Å². The molecule has 0 bridgehead atoms. The second kappa shape index (κ2) is 22.9. The average Bonchev–Trinajstić information content (AvgIpc) is 3.34. The molecule has 0 aliphatic heterocycles. The number of nitrogens with one attached hydrogen (secondary N) is 1. The first kappa shape index (κ1) is 40.4. The Morgan fingerprint density at radius 3 is 2.07 bits per heavy atom. The smallest absolute Gasteiger partial charge is 0.156 e. The molecule has 4 heteroatoms. The summed E-state index contributed by atoms with van der Waals surface area (Å²) >= 11 is 0. The third kappa shape index (κ3) is 11.5. The van der Waals surface area contributed by atoms with Gasteiger partial charge in [0, 0.05) is 22.2 Å². The molecule has 0 fully saturated rings. The Hall–Kier alpha value is -4.57. The lowest BCUT2D eigenvalue weighted by Crippen LogP contribution is -2.01. The molecule has 0 atom stereocenters. The van der Waals surface area contributed by atoms with Crippen LogP contribution in [0.4, 0.5) is 4.39 Å². The molecule has 0 radical (unpaired) electrons. The number of rotatable bonds is 6. The van der Waals surface area contributed by atoms with E-state index in [0.717, 1.165) is 22.3 Å². The quantitative estimate of drug-likeness (QED) is 0.214. The van der Waals surface area contributed by atoms with Gasteiger partial charge >= 0.3 is 0 Å². The molecule has 0 saturated carbocycles. The summed E-state index contributed by atoms with van der Waals surface area (Å²) in [6, 6.07) is 13.6. The molecule has 1 heterocycles. The van der Waals surface area contributed by atoms with Gasteiger partial charge in [-0.25, -0.2) is 4.39 Å². The number of aromatic nitrogens is 1. The minimum atomic E-state index is -0.282. The van der Waals surface area contributed by atoms with E-state index in [2.05, 4.69) is 31.6 Å². The van der Waals surface area contributed by atoms with Gasteiger partial charge in [-0.15, -0.1) is 0 Å². The minimum absolute atomic E-state index is 0.282. The zero-order chi connectivity index (χ0) is 34.4. The summed E-state index contributed by atoms with van der Waals surface area (Å²) in [6.45, 7) is 25.8. The molecule has 45 heavy (non-hydrogen) atoms. The Bertz CT molecular complexity index is 1580. The third-order valence-electron chi connectivity index (χ3n) is 6.08. The normalized spacial score (nSPS) is 12.8. The van der Waals surface area contributed by atoms with Gasteiger partial charge in [0.1, 0.15) is 0 Å². The number of nitrogens with zero attached hydrogens (tertiary/aromatic N) is 2. The first-order valence-corrected chi connectivity index (χ1v) is 15.9. The van der Waals surface area contributed by atoms with Crippen LogP contribution in [0.15, 0.2) is 119 Å². The van der Waals surface area contributed by atoms with Crippen LogP contribution in [-0.4, -0.2) is 17.0 Å². The molecule has 3 aromatic rings. The Labute approximate surface area is 272 Å². The molecule has 240 valence electrons. The van der Waals surface area contributed by atoms with Gasteiger partial charge < -0.3 is 9.98 Å². The lowest BCUT2D eigenvalue weighted by molar-refractivity contribution is 0.633. The molecule has 0 spiro atoms. The second-order valence-electron chi connectivity index (χ2n) is 9.26. The molecule has 1 aliphatic rings. The standard InChI is InChI=1S/C26H22FN3.C9H14.3C2H6/c1-4-9-24-25(27)20-16-18(26(29-3)19-11-6-7-12-21(19)28)14-15-23(20)30(24)22-13-8-5-10-17(22)2;1-4-5-6-7-8-9(2)3;3*1-2/h4-16,28H,3H2,1-2H3;4-8H,1-3H3;3*1-2H3/b9-4-,26-19-,28-21?;5-4-,7-6-;;;. The maximum atomic E-state index is 15.6. The highest BCUT2D eigenvalue weighted by Crippen LogP contribution is 2.34. The van der Waals surface area contributed by atoms with Crippen molar-refractivity contribution >= 4 is 35.1 Å². The third-order valence-corrected chi connectivity index (χ3v) is 6.08. The summed E-state index contributed by atoms with van der Waals surface area (Å²) in [5, 5.41) is 8.70. The minimum Gasteiger partial charge on any atom is -0.307 e. The van der Waals surface area contributed by atoms with Gasteiger partial charge in [0.15, 0.2) is 5.82 Å². The maximum Gasteiger partial charge on any atom is 0.156 e. The summed E-state index contributed by atoms with van der Waals surface area (Å²) in [5.41, 5.74) is 6.93. The van der Waals surface area contributed by atoms with Gasteiger partial charge in [-0.3, -0.25) is 4.99 Å². The van der Waals surface area contributed by atoms with Crippen LogP contribution < -0.4 is 0 Å². The predicted octanol–water partition coefficient (Wildman–Crippen LogP) is 12.8. The number of hydrogen-bond donors (Lipinski definition) is 1. The average molecular weight is 608 g/mol. The van der Waals surface area contributed by atoms with Gasteiger partial charge in [-0.05, 0) is 77.3 Å². The van der Waals surface area contributed by atoms with Crippen molar-refractivity contribution in [2.75, 3.05) is 0 Å². The van der Waals surface area contributed by atoms with Crippen LogP contribution in [0.25, 0.3) is 28.4 Å². The van der Waals surface area contributed by atoms with Gasteiger partial charge in [0.05, 0.1) is 22.6 Å². The van der Waals surface area contributed by atoms with Crippen LogP contribution in [0.2, 0.25) is 0 Å². The molecule has 1 aromatic heterocycles. The summed E-state index contributed by atoms with van der Waals surface area (Å²) in [4.78, 5) is 4.17. The maximum absolute atomic E-state index is 15.6. The summed E-state index contributed by atoms with van der Waals surface area (Å²) < 4.78 is 17.5. The molecular formula is C41H54FN3. The molecule has 1 N–H and O–H groups in total. The van der Waals surface area contributed by atoms with Crippen molar-refractivity contribution in [2.24, 2.45) is 4.99 Å². The van der Waals surface area contributed by atoms with Crippen molar-refractivity contribution in [3.05, 3.63) is 137 Å². The molecule has 0 saturated heterocycles. The van der Waals surface area contributed by atoms with Crippen LogP contribution in [0, 0.1) is 18.2 Å². The SMILES string of the molecule is C/C=C\C=C/C=C(C)C.C=N/C(=C1/C=CC=CC1=N)c1ccc2c(c1)c(F)c(/C=C\C)n2-c1ccccc1C.CC.CC.CC. The number of fused-ring (bicyclic) bond motifs is 1. The Morgan fingerprint density at radius 1 is 0.867 bits per heavy atom. The molecule has 0 unspecified atom stereocenters. The molecule has 4 rings (SSSR count). The highest BCUT2D eigenvalue weighted by atomic mass is 19.1. The van der Waals surface area contributed by atoms with E-state index in [9.17, 15) is 0 Å².